The number of carbonyl (C=O) groups excluding carboxylic acids is 1. The van der Waals surface area contributed by atoms with E-state index in [4.69, 9.17) is 4.74 Å². The number of carbonyl (C=O) groups is 1. The molecule has 0 bridgehead atoms. The van der Waals surface area contributed by atoms with Crippen LogP contribution in [0.2, 0.25) is 0 Å². The number of methoxy groups -OCH3 is 1. The second-order valence-corrected chi connectivity index (χ2v) is 10.7. The Bertz CT molecular complexity index is 1270. The van der Waals surface area contributed by atoms with Gasteiger partial charge in [-0.05, 0) is 61.3 Å². The van der Waals surface area contributed by atoms with Gasteiger partial charge in [0.05, 0.1) is 12.7 Å². The van der Waals surface area contributed by atoms with Crippen molar-refractivity contribution < 1.29 is 23.1 Å². The highest BCUT2D eigenvalue weighted by Crippen LogP contribution is 2.39. The largest absolute Gasteiger partial charge is 0.508 e. The molecule has 3 aromatic rings. The summed E-state index contributed by atoms with van der Waals surface area (Å²) in [5.74, 6) is -0.0649. The van der Waals surface area contributed by atoms with Gasteiger partial charge in [0.2, 0.25) is 10.0 Å². The minimum atomic E-state index is -4.07. The van der Waals surface area contributed by atoms with Crippen molar-refractivity contribution in [2.45, 2.75) is 30.2 Å². The van der Waals surface area contributed by atoms with E-state index < -0.39 is 26.7 Å². The van der Waals surface area contributed by atoms with Gasteiger partial charge < -0.3 is 20.5 Å². The lowest BCUT2D eigenvalue weighted by Gasteiger charge is -2.44. The Labute approximate surface area is 211 Å². The number of amides is 1. The van der Waals surface area contributed by atoms with Gasteiger partial charge in [0.1, 0.15) is 11.5 Å². The van der Waals surface area contributed by atoms with Crippen LogP contribution in [0.5, 0.6) is 11.5 Å². The molecule has 0 saturated carbocycles. The maximum Gasteiger partial charge on any atom is 0.256 e. The van der Waals surface area contributed by atoms with E-state index >= 15 is 0 Å². The maximum absolute atomic E-state index is 13.9. The van der Waals surface area contributed by atoms with Gasteiger partial charge in [0, 0.05) is 12.0 Å². The van der Waals surface area contributed by atoms with E-state index in [1.807, 2.05) is 30.3 Å². The van der Waals surface area contributed by atoms with Crippen LogP contribution in [0, 0.1) is 0 Å². The van der Waals surface area contributed by atoms with Gasteiger partial charge in [-0.1, -0.05) is 54.6 Å². The molecule has 1 unspecified atom stereocenters. The Hall–Kier alpha value is -3.40. The van der Waals surface area contributed by atoms with E-state index in [1.54, 1.807) is 36.4 Å². The molecule has 1 heterocycles. The fourth-order valence-electron chi connectivity index (χ4n) is 4.77. The molecule has 1 fully saturated rings. The minimum Gasteiger partial charge on any atom is -0.508 e. The summed E-state index contributed by atoms with van der Waals surface area (Å²) in [6.45, 7) is 1.25. The first kappa shape index (κ1) is 25.7. The average Bonchev–Trinajstić information content (AvgIpc) is 2.92. The molecule has 3 aromatic carbocycles. The lowest BCUT2D eigenvalue weighted by Crippen LogP contribution is -2.60. The molecule has 4 N–H and O–H groups in total. The van der Waals surface area contributed by atoms with Crippen molar-refractivity contribution in [3.63, 3.8) is 0 Å². The molecule has 4 rings (SSSR count). The summed E-state index contributed by atoms with van der Waals surface area (Å²) in [6, 6.07) is 22.5. The van der Waals surface area contributed by atoms with E-state index in [0.717, 1.165) is 5.56 Å². The topological polar surface area (TPSA) is 117 Å². The number of sulfonamides is 1. The molecule has 0 spiro atoms. The summed E-state index contributed by atoms with van der Waals surface area (Å²) in [7, 11) is -2.60. The molecule has 1 aliphatic rings. The van der Waals surface area contributed by atoms with Crippen molar-refractivity contribution in [1.29, 1.82) is 0 Å². The first-order valence-corrected chi connectivity index (χ1v) is 13.4. The standard InChI is InChI=1S/C27H31N3O5S/c1-35-24-10-6-5-9-23(24)25(32)30-26(36(33,34)29-19-20-11-13-22(31)14-12-20)27(15-17-28-18-16-27)21-7-3-2-4-8-21/h2-14,26,28-29,31H,15-19H2,1H3,(H,30,32). The molecule has 0 radical (unpaired) electrons. The summed E-state index contributed by atoms with van der Waals surface area (Å²) in [5.41, 5.74) is 0.943. The van der Waals surface area contributed by atoms with Crippen LogP contribution in [0.25, 0.3) is 0 Å². The van der Waals surface area contributed by atoms with E-state index in [1.165, 1.54) is 19.2 Å². The van der Waals surface area contributed by atoms with Gasteiger partial charge in [-0.25, -0.2) is 13.1 Å². The summed E-state index contributed by atoms with van der Waals surface area (Å²) < 4.78 is 35.9. The molecule has 1 atom stereocenters. The molecule has 0 aromatic heterocycles. The first-order valence-electron chi connectivity index (χ1n) is 11.8. The molecule has 8 nitrogen and oxygen atoms in total. The van der Waals surface area contributed by atoms with Crippen molar-refractivity contribution in [2.24, 2.45) is 0 Å². The Balaban J connectivity index is 1.74. The van der Waals surface area contributed by atoms with E-state index in [0.29, 0.717) is 37.2 Å². The lowest BCUT2D eigenvalue weighted by molar-refractivity contribution is 0.0922. The van der Waals surface area contributed by atoms with Gasteiger partial charge in [0.25, 0.3) is 5.91 Å². The summed E-state index contributed by atoms with van der Waals surface area (Å²) in [6.07, 6.45) is 1.04. The van der Waals surface area contributed by atoms with Gasteiger partial charge in [-0.2, -0.15) is 0 Å². The zero-order chi connectivity index (χ0) is 25.6. The lowest BCUT2D eigenvalue weighted by atomic mass is 9.72. The molecule has 1 aliphatic heterocycles. The van der Waals surface area contributed by atoms with Crippen molar-refractivity contribution in [3.8, 4) is 11.5 Å². The number of ether oxygens (including phenoxy) is 1. The summed E-state index contributed by atoms with van der Waals surface area (Å²) in [4.78, 5) is 13.5. The molecule has 9 heteroatoms. The number of phenolic OH excluding ortho intramolecular Hbond substituents is 1. The highest BCUT2D eigenvalue weighted by Gasteiger charge is 2.49. The number of phenols is 1. The van der Waals surface area contributed by atoms with Crippen LogP contribution in [0.15, 0.2) is 78.9 Å². The average molecular weight is 510 g/mol. The predicted octanol–water partition coefficient (Wildman–Crippen LogP) is 2.90. The van der Waals surface area contributed by atoms with Gasteiger partial charge in [-0.3, -0.25) is 4.79 Å². The molecular weight excluding hydrogens is 478 g/mol. The van der Waals surface area contributed by atoms with E-state index in [2.05, 4.69) is 15.4 Å². The third kappa shape index (κ3) is 5.53. The van der Waals surface area contributed by atoms with Crippen LogP contribution in [0.3, 0.4) is 0 Å². The van der Waals surface area contributed by atoms with Gasteiger partial charge >= 0.3 is 0 Å². The molecular formula is C27H31N3O5S. The van der Waals surface area contributed by atoms with Crippen molar-refractivity contribution in [1.82, 2.24) is 15.4 Å². The zero-order valence-corrected chi connectivity index (χ0v) is 20.9. The number of para-hydroxylation sites is 1. The Kier molecular flexibility index (Phi) is 7.93. The highest BCUT2D eigenvalue weighted by atomic mass is 32.2. The smallest absolute Gasteiger partial charge is 0.256 e. The fourth-order valence-corrected chi connectivity index (χ4v) is 6.53. The summed E-state index contributed by atoms with van der Waals surface area (Å²) in [5, 5.41) is 14.5. The number of hydrogen-bond acceptors (Lipinski definition) is 6. The van der Waals surface area contributed by atoms with Crippen molar-refractivity contribution in [2.75, 3.05) is 20.2 Å². The van der Waals surface area contributed by atoms with E-state index in [9.17, 15) is 18.3 Å². The highest BCUT2D eigenvalue weighted by molar-refractivity contribution is 7.90. The number of benzene rings is 3. The molecule has 1 saturated heterocycles. The number of nitrogens with one attached hydrogen (secondary N) is 3. The van der Waals surface area contributed by atoms with Crippen LogP contribution in [-0.2, 0) is 22.0 Å². The monoisotopic (exact) mass is 509 g/mol. The quantitative estimate of drug-likeness (QED) is 0.353. The maximum atomic E-state index is 13.9. The number of hydrogen-bond donors (Lipinski definition) is 4. The second-order valence-electron chi connectivity index (χ2n) is 8.86. The van der Waals surface area contributed by atoms with Crippen molar-refractivity contribution in [3.05, 3.63) is 95.6 Å². The van der Waals surface area contributed by atoms with Crippen LogP contribution in [0.4, 0.5) is 0 Å². The van der Waals surface area contributed by atoms with Crippen LogP contribution >= 0.6 is 0 Å². The SMILES string of the molecule is COc1ccccc1C(=O)NC(C1(c2ccccc2)CCNCC1)S(=O)(=O)NCc1ccc(O)cc1. The van der Waals surface area contributed by atoms with Gasteiger partial charge in [-0.15, -0.1) is 0 Å². The number of rotatable bonds is 9. The Morgan fingerprint density at radius 3 is 2.31 bits per heavy atom. The van der Waals surface area contributed by atoms with Crippen LogP contribution in [0.1, 0.15) is 34.3 Å². The number of piperidine rings is 1. The Morgan fingerprint density at radius 1 is 1.00 bits per heavy atom. The van der Waals surface area contributed by atoms with Crippen LogP contribution < -0.4 is 20.1 Å². The first-order chi connectivity index (χ1) is 17.4. The summed E-state index contributed by atoms with van der Waals surface area (Å²) >= 11 is 0. The van der Waals surface area contributed by atoms with Gasteiger partial charge in [0.15, 0.2) is 5.37 Å². The second kappa shape index (κ2) is 11.1. The predicted molar refractivity (Wildman–Crippen MR) is 138 cm³/mol. The third-order valence-electron chi connectivity index (χ3n) is 6.68. The molecule has 0 aliphatic carbocycles. The minimum absolute atomic E-state index is 0.0206. The van der Waals surface area contributed by atoms with Crippen LogP contribution in [-0.4, -0.2) is 45.0 Å². The molecule has 1 amide bonds. The molecule has 36 heavy (non-hydrogen) atoms. The zero-order valence-electron chi connectivity index (χ0n) is 20.1. The normalized spacial score (nSPS) is 16.1. The fraction of sp³-hybridized carbons (Fsp3) is 0.296. The third-order valence-corrected chi connectivity index (χ3v) is 8.42. The van der Waals surface area contributed by atoms with E-state index in [-0.39, 0.29) is 17.9 Å². The number of aromatic hydroxyl groups is 1. The Morgan fingerprint density at radius 2 is 1.64 bits per heavy atom. The van der Waals surface area contributed by atoms with Crippen molar-refractivity contribution >= 4 is 15.9 Å². The molecule has 190 valence electrons.